The van der Waals surface area contributed by atoms with E-state index < -0.39 is 0 Å². The SMILES string of the molecule is Cc1ccc(C(=O)C2CCOC2)c(Br)c1. The fourth-order valence-corrected chi connectivity index (χ4v) is 2.47. The van der Waals surface area contributed by atoms with E-state index in [-0.39, 0.29) is 11.7 Å². The molecule has 2 rings (SSSR count). The molecular formula is C12H13BrO2. The van der Waals surface area contributed by atoms with Gasteiger partial charge in [-0.2, -0.15) is 0 Å². The summed E-state index contributed by atoms with van der Waals surface area (Å²) in [4.78, 5) is 12.1. The number of ether oxygens (including phenoxy) is 1. The molecule has 0 saturated carbocycles. The van der Waals surface area contributed by atoms with Crippen LogP contribution in [0.5, 0.6) is 0 Å². The highest BCUT2D eigenvalue weighted by Crippen LogP contribution is 2.24. The van der Waals surface area contributed by atoms with Crippen molar-refractivity contribution in [3.05, 3.63) is 33.8 Å². The molecule has 0 amide bonds. The number of aryl methyl sites for hydroxylation is 1. The van der Waals surface area contributed by atoms with Crippen LogP contribution in [0.4, 0.5) is 0 Å². The lowest BCUT2D eigenvalue weighted by atomic mass is 9.96. The standard InChI is InChI=1S/C12H13BrO2/c1-8-2-3-10(11(13)6-8)12(14)9-4-5-15-7-9/h2-3,6,9H,4-5,7H2,1H3. The molecule has 0 spiro atoms. The van der Waals surface area contributed by atoms with Gasteiger partial charge in [-0.25, -0.2) is 0 Å². The molecule has 1 heterocycles. The van der Waals surface area contributed by atoms with Crippen LogP contribution < -0.4 is 0 Å². The van der Waals surface area contributed by atoms with Gasteiger partial charge in [0.15, 0.2) is 5.78 Å². The van der Waals surface area contributed by atoms with E-state index in [1.54, 1.807) is 0 Å². The summed E-state index contributed by atoms with van der Waals surface area (Å²) < 4.78 is 6.12. The van der Waals surface area contributed by atoms with E-state index in [0.717, 1.165) is 22.0 Å². The van der Waals surface area contributed by atoms with Crippen molar-refractivity contribution in [1.82, 2.24) is 0 Å². The summed E-state index contributed by atoms with van der Waals surface area (Å²) in [5.41, 5.74) is 1.93. The Morgan fingerprint density at radius 1 is 1.53 bits per heavy atom. The van der Waals surface area contributed by atoms with Gasteiger partial charge in [0.25, 0.3) is 0 Å². The maximum atomic E-state index is 12.1. The average molecular weight is 269 g/mol. The summed E-state index contributed by atoms with van der Waals surface area (Å²) in [6.07, 6.45) is 0.846. The zero-order valence-corrected chi connectivity index (χ0v) is 10.2. The molecule has 1 aromatic rings. The highest BCUT2D eigenvalue weighted by atomic mass is 79.9. The van der Waals surface area contributed by atoms with Gasteiger partial charge in [-0.1, -0.05) is 22.0 Å². The van der Waals surface area contributed by atoms with E-state index in [2.05, 4.69) is 15.9 Å². The number of benzene rings is 1. The van der Waals surface area contributed by atoms with Crippen molar-refractivity contribution in [3.8, 4) is 0 Å². The van der Waals surface area contributed by atoms with Crippen molar-refractivity contribution in [2.24, 2.45) is 5.92 Å². The molecule has 0 bridgehead atoms. The lowest BCUT2D eigenvalue weighted by Gasteiger charge is -2.08. The molecule has 0 N–H and O–H groups in total. The lowest BCUT2D eigenvalue weighted by molar-refractivity contribution is 0.0899. The summed E-state index contributed by atoms with van der Waals surface area (Å²) in [5.74, 6) is 0.239. The molecule has 1 atom stereocenters. The zero-order valence-electron chi connectivity index (χ0n) is 8.63. The van der Waals surface area contributed by atoms with Crippen LogP contribution in [0.3, 0.4) is 0 Å². The Balaban J connectivity index is 2.24. The van der Waals surface area contributed by atoms with E-state index >= 15 is 0 Å². The minimum Gasteiger partial charge on any atom is -0.381 e. The molecule has 0 aromatic heterocycles. The molecular weight excluding hydrogens is 256 g/mol. The molecule has 0 aliphatic carbocycles. The van der Waals surface area contributed by atoms with E-state index in [1.165, 1.54) is 0 Å². The van der Waals surface area contributed by atoms with E-state index in [1.807, 2.05) is 25.1 Å². The third-order valence-electron chi connectivity index (χ3n) is 2.69. The first-order valence-corrected chi connectivity index (χ1v) is 5.86. The summed E-state index contributed by atoms with van der Waals surface area (Å²) in [7, 11) is 0. The van der Waals surface area contributed by atoms with Gasteiger partial charge in [0.05, 0.1) is 6.61 Å². The maximum Gasteiger partial charge on any atom is 0.169 e. The zero-order chi connectivity index (χ0) is 10.8. The third kappa shape index (κ3) is 2.29. The normalized spacial score (nSPS) is 20.5. The number of carbonyl (C=O) groups excluding carboxylic acids is 1. The highest BCUT2D eigenvalue weighted by Gasteiger charge is 2.25. The predicted octanol–water partition coefficient (Wildman–Crippen LogP) is 2.98. The molecule has 1 fully saturated rings. The van der Waals surface area contributed by atoms with Gasteiger partial charge >= 0.3 is 0 Å². The molecule has 1 saturated heterocycles. The van der Waals surface area contributed by atoms with Gasteiger partial charge in [0, 0.05) is 22.6 Å². The number of rotatable bonds is 2. The quantitative estimate of drug-likeness (QED) is 0.771. The van der Waals surface area contributed by atoms with Crippen LogP contribution in [0.15, 0.2) is 22.7 Å². The van der Waals surface area contributed by atoms with E-state index in [4.69, 9.17) is 4.74 Å². The van der Waals surface area contributed by atoms with Crippen LogP contribution in [0, 0.1) is 12.8 Å². The largest absolute Gasteiger partial charge is 0.381 e. The van der Waals surface area contributed by atoms with Crippen LogP contribution in [0.2, 0.25) is 0 Å². The fourth-order valence-electron chi connectivity index (χ4n) is 1.78. The van der Waals surface area contributed by atoms with Crippen molar-refractivity contribution in [3.63, 3.8) is 0 Å². The monoisotopic (exact) mass is 268 g/mol. The first kappa shape index (κ1) is 10.8. The van der Waals surface area contributed by atoms with Gasteiger partial charge in [-0.15, -0.1) is 0 Å². The van der Waals surface area contributed by atoms with Crippen molar-refractivity contribution in [2.45, 2.75) is 13.3 Å². The first-order valence-electron chi connectivity index (χ1n) is 5.06. The Morgan fingerprint density at radius 3 is 2.93 bits per heavy atom. The Hall–Kier alpha value is -0.670. The molecule has 1 aliphatic heterocycles. The van der Waals surface area contributed by atoms with Crippen LogP contribution in [-0.4, -0.2) is 19.0 Å². The van der Waals surface area contributed by atoms with Gasteiger partial charge in [0.2, 0.25) is 0 Å². The maximum absolute atomic E-state index is 12.1. The molecule has 3 heteroatoms. The van der Waals surface area contributed by atoms with Crippen LogP contribution >= 0.6 is 15.9 Å². The average Bonchev–Trinajstić information content (AvgIpc) is 2.69. The topological polar surface area (TPSA) is 26.3 Å². The summed E-state index contributed by atoms with van der Waals surface area (Å²) in [6, 6.07) is 5.83. The van der Waals surface area contributed by atoms with E-state index in [0.29, 0.717) is 13.2 Å². The van der Waals surface area contributed by atoms with Crippen LogP contribution in [-0.2, 0) is 4.74 Å². The molecule has 0 radical (unpaired) electrons. The molecule has 1 unspecified atom stereocenters. The summed E-state index contributed by atoms with van der Waals surface area (Å²) in [5, 5.41) is 0. The van der Waals surface area contributed by atoms with Crippen LogP contribution in [0.25, 0.3) is 0 Å². The number of halogens is 1. The van der Waals surface area contributed by atoms with Gasteiger partial charge in [-0.3, -0.25) is 4.79 Å². The Bertz CT molecular complexity index is 381. The highest BCUT2D eigenvalue weighted by molar-refractivity contribution is 9.10. The Kier molecular flexibility index (Phi) is 3.22. The van der Waals surface area contributed by atoms with Crippen molar-refractivity contribution in [1.29, 1.82) is 0 Å². The second kappa shape index (κ2) is 4.45. The second-order valence-corrected chi connectivity index (χ2v) is 4.76. The fraction of sp³-hybridized carbons (Fsp3) is 0.417. The molecule has 80 valence electrons. The van der Waals surface area contributed by atoms with E-state index in [9.17, 15) is 4.79 Å². The number of ketones is 1. The smallest absolute Gasteiger partial charge is 0.169 e. The third-order valence-corrected chi connectivity index (χ3v) is 3.35. The van der Waals surface area contributed by atoms with Gasteiger partial charge < -0.3 is 4.74 Å². The second-order valence-electron chi connectivity index (χ2n) is 3.91. The molecule has 1 aliphatic rings. The Morgan fingerprint density at radius 2 is 2.33 bits per heavy atom. The minimum atomic E-state index is 0.0454. The van der Waals surface area contributed by atoms with Crippen molar-refractivity contribution < 1.29 is 9.53 Å². The summed E-state index contributed by atoms with van der Waals surface area (Å²) >= 11 is 3.43. The van der Waals surface area contributed by atoms with Gasteiger partial charge in [0.1, 0.15) is 0 Å². The number of hydrogen-bond acceptors (Lipinski definition) is 2. The van der Waals surface area contributed by atoms with Gasteiger partial charge in [-0.05, 0) is 31.0 Å². The van der Waals surface area contributed by atoms with Crippen molar-refractivity contribution >= 4 is 21.7 Å². The minimum absolute atomic E-state index is 0.0454. The van der Waals surface area contributed by atoms with Crippen molar-refractivity contribution in [2.75, 3.05) is 13.2 Å². The Labute approximate surface area is 97.8 Å². The number of hydrogen-bond donors (Lipinski definition) is 0. The lowest BCUT2D eigenvalue weighted by Crippen LogP contribution is -2.15. The van der Waals surface area contributed by atoms with Crippen LogP contribution in [0.1, 0.15) is 22.3 Å². The number of Topliss-reactive ketones (excluding diaryl/α,β-unsaturated/α-hetero) is 1. The predicted molar refractivity (Wildman–Crippen MR) is 62.1 cm³/mol. The number of carbonyl (C=O) groups is 1. The molecule has 2 nitrogen and oxygen atoms in total. The first-order chi connectivity index (χ1) is 7.18. The molecule has 1 aromatic carbocycles. The summed E-state index contributed by atoms with van der Waals surface area (Å²) in [6.45, 7) is 3.29. The molecule has 15 heavy (non-hydrogen) atoms.